The molecule has 8 aliphatic carbocycles. The number of alkyl halides is 2. The molecule has 0 aromatic heterocycles. The van der Waals surface area contributed by atoms with E-state index in [9.17, 15) is 18.4 Å². The molecule has 0 heterocycles. The number of carbonyl (C=O) groups is 2. The summed E-state index contributed by atoms with van der Waals surface area (Å²) < 4.78 is 44.6. The van der Waals surface area contributed by atoms with Crippen LogP contribution < -0.4 is 0 Å². The smallest absolute Gasteiger partial charge is 0.377 e. The summed E-state index contributed by atoms with van der Waals surface area (Å²) in [5.41, 5.74) is -0.571. The SMILES string of the molecule is CCC(F)(F)C(=O)OC1C2CC3CC1CC(C(=O)OCOCC1C4CC5CC(C4)CC1C5)(C3)C2. The van der Waals surface area contributed by atoms with Gasteiger partial charge in [0.05, 0.1) is 12.0 Å². The third-order valence-corrected chi connectivity index (χ3v) is 10.6. The second kappa shape index (κ2) is 8.41. The minimum atomic E-state index is -3.44. The zero-order valence-electron chi connectivity index (χ0n) is 20.2. The lowest BCUT2D eigenvalue weighted by Crippen LogP contribution is -2.58. The average Bonchev–Trinajstić information content (AvgIpc) is 2.79. The lowest BCUT2D eigenvalue weighted by molar-refractivity contribution is -0.213. The third kappa shape index (κ3) is 3.88. The van der Waals surface area contributed by atoms with E-state index in [-0.39, 0.29) is 24.6 Å². The fourth-order valence-corrected chi connectivity index (χ4v) is 9.52. The molecule has 8 fully saturated rings. The molecule has 0 spiro atoms. The van der Waals surface area contributed by atoms with Crippen LogP contribution in [0.1, 0.15) is 77.6 Å². The van der Waals surface area contributed by atoms with Crippen molar-refractivity contribution in [3.05, 3.63) is 0 Å². The molecule has 34 heavy (non-hydrogen) atoms. The number of esters is 2. The minimum Gasteiger partial charge on any atom is -0.457 e. The maximum atomic E-state index is 13.8. The van der Waals surface area contributed by atoms with Gasteiger partial charge < -0.3 is 14.2 Å². The third-order valence-electron chi connectivity index (χ3n) is 10.6. The highest BCUT2D eigenvalue weighted by molar-refractivity contribution is 5.79. The van der Waals surface area contributed by atoms with Crippen LogP contribution in [0.4, 0.5) is 8.78 Å². The van der Waals surface area contributed by atoms with Gasteiger partial charge in [-0.3, -0.25) is 4.79 Å². The summed E-state index contributed by atoms with van der Waals surface area (Å²) in [5.74, 6) is -0.711. The van der Waals surface area contributed by atoms with Crippen molar-refractivity contribution in [1.29, 1.82) is 0 Å². The van der Waals surface area contributed by atoms with Crippen LogP contribution in [-0.4, -0.2) is 37.4 Å². The maximum Gasteiger partial charge on any atom is 0.377 e. The van der Waals surface area contributed by atoms with E-state index >= 15 is 0 Å². The molecular weight excluding hydrogens is 442 g/mol. The van der Waals surface area contributed by atoms with Crippen LogP contribution in [0.3, 0.4) is 0 Å². The zero-order chi connectivity index (χ0) is 23.7. The van der Waals surface area contributed by atoms with Gasteiger partial charge in [0.15, 0.2) is 6.79 Å². The molecule has 0 aromatic carbocycles. The molecule has 8 bridgehead atoms. The second-order valence-electron chi connectivity index (χ2n) is 12.7. The van der Waals surface area contributed by atoms with E-state index in [0.29, 0.717) is 31.3 Å². The molecule has 8 aliphatic rings. The number of rotatable bonds is 8. The first-order chi connectivity index (χ1) is 16.3. The summed E-state index contributed by atoms with van der Waals surface area (Å²) in [5, 5.41) is 0. The first-order valence-corrected chi connectivity index (χ1v) is 13.6. The molecule has 7 heteroatoms. The van der Waals surface area contributed by atoms with Crippen molar-refractivity contribution >= 4 is 11.9 Å². The summed E-state index contributed by atoms with van der Waals surface area (Å²) in [6.07, 6.45) is 9.36. The summed E-state index contributed by atoms with van der Waals surface area (Å²) in [6.45, 7) is 1.98. The molecule has 190 valence electrons. The standard InChI is InChI=1S/C27H38F2O5/c1-2-27(28,29)25(31)34-23-20-8-17-9-21(23)12-26(10-17,11-20)24(30)33-14-32-13-22-18-4-15-3-16(6-18)7-19(22)5-15/h15-23H,2-14H2,1H3. The van der Waals surface area contributed by atoms with Crippen LogP contribution in [0, 0.1) is 52.8 Å². The van der Waals surface area contributed by atoms with Crippen molar-refractivity contribution in [2.24, 2.45) is 52.8 Å². The van der Waals surface area contributed by atoms with Crippen molar-refractivity contribution < 1.29 is 32.6 Å². The Morgan fingerprint density at radius 3 is 2.03 bits per heavy atom. The second-order valence-corrected chi connectivity index (χ2v) is 12.7. The monoisotopic (exact) mass is 480 g/mol. The summed E-state index contributed by atoms with van der Waals surface area (Å²) in [7, 11) is 0. The molecule has 0 aromatic rings. The van der Waals surface area contributed by atoms with Crippen LogP contribution >= 0.6 is 0 Å². The normalized spacial score (nSPS) is 46.0. The largest absolute Gasteiger partial charge is 0.457 e. The first-order valence-electron chi connectivity index (χ1n) is 13.6. The number of ether oxygens (including phenoxy) is 3. The van der Waals surface area contributed by atoms with Gasteiger partial charge >= 0.3 is 17.9 Å². The predicted octanol–water partition coefficient (Wildman–Crippen LogP) is 5.36. The van der Waals surface area contributed by atoms with E-state index in [1.165, 1.54) is 39.0 Å². The zero-order valence-corrected chi connectivity index (χ0v) is 20.2. The van der Waals surface area contributed by atoms with Gasteiger partial charge in [0.1, 0.15) is 6.10 Å². The van der Waals surface area contributed by atoms with E-state index in [2.05, 4.69) is 0 Å². The van der Waals surface area contributed by atoms with Gasteiger partial charge in [-0.2, -0.15) is 8.78 Å². The van der Waals surface area contributed by atoms with Gasteiger partial charge in [-0.25, -0.2) is 4.79 Å². The molecule has 0 aliphatic heterocycles. The van der Waals surface area contributed by atoms with E-state index in [1.807, 2.05) is 0 Å². The quantitative estimate of drug-likeness (QED) is 0.266. The molecule has 0 amide bonds. The Morgan fingerprint density at radius 1 is 0.853 bits per heavy atom. The molecule has 0 radical (unpaired) electrons. The van der Waals surface area contributed by atoms with Crippen molar-refractivity contribution in [3.8, 4) is 0 Å². The van der Waals surface area contributed by atoms with Crippen molar-refractivity contribution in [1.82, 2.24) is 0 Å². The maximum absolute atomic E-state index is 13.8. The Morgan fingerprint density at radius 2 is 1.44 bits per heavy atom. The highest BCUT2D eigenvalue weighted by atomic mass is 19.3. The Kier molecular flexibility index (Phi) is 5.74. The van der Waals surface area contributed by atoms with Crippen molar-refractivity contribution in [3.63, 3.8) is 0 Å². The van der Waals surface area contributed by atoms with E-state index in [0.717, 1.165) is 42.9 Å². The number of carbonyl (C=O) groups excluding carboxylic acids is 2. The average molecular weight is 481 g/mol. The highest BCUT2D eigenvalue weighted by Gasteiger charge is 2.61. The van der Waals surface area contributed by atoms with Crippen molar-refractivity contribution in [2.75, 3.05) is 13.4 Å². The Balaban J connectivity index is 1.02. The van der Waals surface area contributed by atoms with Gasteiger partial charge in [-0.05, 0) is 112 Å². The molecule has 8 rings (SSSR count). The fraction of sp³-hybridized carbons (Fsp3) is 0.926. The molecular formula is C27H38F2O5. The minimum absolute atomic E-state index is 0.00448. The Labute approximate surface area is 200 Å². The van der Waals surface area contributed by atoms with Gasteiger partial charge in [-0.1, -0.05) is 6.92 Å². The Hall–Kier alpha value is -1.24. The molecule has 0 saturated heterocycles. The lowest BCUT2D eigenvalue weighted by Gasteiger charge is -2.57. The molecule has 5 nitrogen and oxygen atoms in total. The van der Waals surface area contributed by atoms with E-state index < -0.39 is 29.8 Å². The van der Waals surface area contributed by atoms with Crippen LogP contribution in [0.2, 0.25) is 0 Å². The number of hydrogen-bond donors (Lipinski definition) is 0. The molecule has 2 unspecified atom stereocenters. The first kappa shape index (κ1) is 23.2. The topological polar surface area (TPSA) is 61.8 Å². The van der Waals surface area contributed by atoms with Crippen molar-refractivity contribution in [2.45, 2.75) is 89.6 Å². The van der Waals surface area contributed by atoms with Gasteiger partial charge in [0, 0.05) is 6.42 Å². The van der Waals surface area contributed by atoms with Gasteiger partial charge in [-0.15, -0.1) is 0 Å². The summed E-state index contributed by atoms with van der Waals surface area (Å²) in [6, 6.07) is 0. The van der Waals surface area contributed by atoms with Crippen LogP contribution in [-0.2, 0) is 23.8 Å². The highest BCUT2D eigenvalue weighted by Crippen LogP contribution is 2.61. The number of halogens is 2. The van der Waals surface area contributed by atoms with Gasteiger partial charge in [0.2, 0.25) is 0 Å². The van der Waals surface area contributed by atoms with Gasteiger partial charge in [0.25, 0.3) is 0 Å². The van der Waals surface area contributed by atoms with E-state index in [1.54, 1.807) is 0 Å². The Bertz CT molecular complexity index is 784. The number of hydrogen-bond acceptors (Lipinski definition) is 5. The van der Waals surface area contributed by atoms with E-state index in [4.69, 9.17) is 14.2 Å². The van der Waals surface area contributed by atoms with Crippen LogP contribution in [0.5, 0.6) is 0 Å². The summed E-state index contributed by atoms with van der Waals surface area (Å²) >= 11 is 0. The summed E-state index contributed by atoms with van der Waals surface area (Å²) in [4.78, 5) is 25.2. The molecule has 2 atom stereocenters. The molecule has 0 N–H and O–H groups in total. The predicted molar refractivity (Wildman–Crippen MR) is 119 cm³/mol. The van der Waals surface area contributed by atoms with Crippen LogP contribution in [0.15, 0.2) is 0 Å². The van der Waals surface area contributed by atoms with Crippen LogP contribution in [0.25, 0.3) is 0 Å². The molecule has 8 saturated carbocycles. The fourth-order valence-electron chi connectivity index (χ4n) is 9.52. The lowest BCUT2D eigenvalue weighted by atomic mass is 9.48.